The van der Waals surface area contributed by atoms with E-state index in [2.05, 4.69) is 25.6 Å². The highest BCUT2D eigenvalue weighted by atomic mass is 32.1. The average molecular weight is 402 g/mol. The Kier molecular flexibility index (Phi) is 7.11. The van der Waals surface area contributed by atoms with E-state index in [0.29, 0.717) is 23.4 Å². The van der Waals surface area contributed by atoms with Gasteiger partial charge in [0.25, 0.3) is 0 Å². The number of ether oxygens (including phenoxy) is 1. The molecule has 1 heterocycles. The summed E-state index contributed by atoms with van der Waals surface area (Å²) in [7, 11) is 1.31. The predicted octanol–water partition coefficient (Wildman–Crippen LogP) is 3.37. The Morgan fingerprint density at radius 1 is 1.26 bits per heavy atom. The molecule has 146 valence electrons. The minimum absolute atomic E-state index is 0.0689. The number of urea groups is 1. The number of carbonyl (C=O) groups excluding carboxylic acids is 2. The molecule has 1 aromatic carbocycles. The van der Waals surface area contributed by atoms with Crippen LogP contribution in [-0.4, -0.2) is 29.3 Å². The molecule has 0 unspecified atom stereocenters. The molecule has 0 aliphatic heterocycles. The topological polar surface area (TPSA) is 93.2 Å². The monoisotopic (exact) mass is 402 g/mol. The summed E-state index contributed by atoms with van der Waals surface area (Å²) in [6, 6.07) is 4.10. The third-order valence-electron chi connectivity index (χ3n) is 3.39. The summed E-state index contributed by atoms with van der Waals surface area (Å²) in [5, 5.41) is 13.5. The number of hydrogen-bond acceptors (Lipinski definition) is 6. The number of aromatic nitrogens is 2. The lowest BCUT2D eigenvalue weighted by Crippen LogP contribution is -2.28. The van der Waals surface area contributed by atoms with Crippen molar-refractivity contribution in [2.45, 2.75) is 32.0 Å². The molecule has 0 atom stereocenters. The van der Waals surface area contributed by atoms with Gasteiger partial charge in [0.05, 0.1) is 12.7 Å². The van der Waals surface area contributed by atoms with E-state index in [1.54, 1.807) is 0 Å². The van der Waals surface area contributed by atoms with E-state index in [1.807, 2.05) is 0 Å². The molecule has 0 saturated carbocycles. The number of hydrogen-bond donors (Lipinski definition) is 2. The van der Waals surface area contributed by atoms with Crippen LogP contribution in [0.3, 0.4) is 0 Å². The van der Waals surface area contributed by atoms with Crippen LogP contribution in [0.1, 0.15) is 29.0 Å². The van der Waals surface area contributed by atoms with Crippen molar-refractivity contribution in [1.29, 1.82) is 0 Å². The van der Waals surface area contributed by atoms with Crippen molar-refractivity contribution in [3.8, 4) is 0 Å². The molecule has 0 aliphatic rings. The average Bonchev–Trinajstić information content (AvgIpc) is 3.06. The van der Waals surface area contributed by atoms with E-state index in [0.717, 1.165) is 23.5 Å². The Hall–Kier alpha value is -2.69. The van der Waals surface area contributed by atoms with E-state index in [1.165, 1.54) is 19.2 Å². The second kappa shape index (κ2) is 9.31. The SMILES string of the molecule is COC(=O)CCCc1nnc(NC(=O)NCc2cccc(C(F)(F)F)c2)s1. The molecule has 0 spiro atoms. The first-order chi connectivity index (χ1) is 12.8. The highest BCUT2D eigenvalue weighted by Crippen LogP contribution is 2.29. The lowest BCUT2D eigenvalue weighted by molar-refractivity contribution is -0.140. The summed E-state index contributed by atoms with van der Waals surface area (Å²) in [6.45, 7) is -0.0689. The Morgan fingerprint density at radius 2 is 2.04 bits per heavy atom. The molecule has 11 heteroatoms. The summed E-state index contributed by atoms with van der Waals surface area (Å²) in [4.78, 5) is 22.9. The maximum absolute atomic E-state index is 12.7. The van der Waals surface area contributed by atoms with Gasteiger partial charge in [0.2, 0.25) is 5.13 Å². The molecular formula is C16H17F3N4O3S. The fourth-order valence-electron chi connectivity index (χ4n) is 2.07. The third kappa shape index (κ3) is 6.85. The number of benzene rings is 1. The number of esters is 1. The normalized spacial score (nSPS) is 11.1. The van der Waals surface area contributed by atoms with Gasteiger partial charge >= 0.3 is 18.2 Å². The van der Waals surface area contributed by atoms with Gasteiger partial charge in [-0.2, -0.15) is 13.2 Å². The molecule has 0 fully saturated rings. The highest BCUT2D eigenvalue weighted by Gasteiger charge is 2.30. The summed E-state index contributed by atoms with van der Waals surface area (Å²) in [5.41, 5.74) is -0.455. The van der Waals surface area contributed by atoms with Crippen molar-refractivity contribution < 1.29 is 27.5 Å². The lowest BCUT2D eigenvalue weighted by atomic mass is 10.1. The number of nitrogens with zero attached hydrogens (tertiary/aromatic N) is 2. The van der Waals surface area contributed by atoms with E-state index < -0.39 is 17.8 Å². The quantitative estimate of drug-likeness (QED) is 0.693. The van der Waals surface area contributed by atoms with Crippen molar-refractivity contribution in [1.82, 2.24) is 15.5 Å². The van der Waals surface area contributed by atoms with Gasteiger partial charge in [0, 0.05) is 19.4 Å². The number of halogens is 3. The van der Waals surface area contributed by atoms with E-state index in [4.69, 9.17) is 0 Å². The molecular weight excluding hydrogens is 385 g/mol. The first-order valence-corrected chi connectivity index (χ1v) is 8.70. The van der Waals surface area contributed by atoms with Crippen molar-refractivity contribution in [3.63, 3.8) is 0 Å². The minimum Gasteiger partial charge on any atom is -0.469 e. The van der Waals surface area contributed by atoms with Gasteiger partial charge in [0.15, 0.2) is 0 Å². The molecule has 0 radical (unpaired) electrons. The zero-order valence-electron chi connectivity index (χ0n) is 14.3. The van der Waals surface area contributed by atoms with Crippen molar-refractivity contribution in [2.75, 3.05) is 12.4 Å². The fourth-order valence-corrected chi connectivity index (χ4v) is 2.85. The van der Waals surface area contributed by atoms with Crippen molar-refractivity contribution in [2.24, 2.45) is 0 Å². The van der Waals surface area contributed by atoms with E-state index >= 15 is 0 Å². The van der Waals surface area contributed by atoms with Crippen LogP contribution in [0, 0.1) is 0 Å². The van der Waals surface area contributed by atoms with E-state index in [-0.39, 0.29) is 24.1 Å². The Labute approximate surface area is 156 Å². The standard InChI is InChI=1S/C16H17F3N4O3S/c1-26-13(24)7-3-6-12-22-23-15(27-12)21-14(25)20-9-10-4-2-5-11(8-10)16(17,18)19/h2,4-5,8H,3,6-7,9H2,1H3,(H2,20,21,23,25). The number of amides is 2. The van der Waals surface area contributed by atoms with Crippen LogP contribution >= 0.6 is 11.3 Å². The zero-order valence-corrected chi connectivity index (χ0v) is 15.1. The number of carbonyl (C=O) groups is 2. The number of nitrogens with one attached hydrogen (secondary N) is 2. The van der Waals surface area contributed by atoms with Crippen LogP contribution in [-0.2, 0) is 28.7 Å². The molecule has 0 bridgehead atoms. The van der Waals surface area contributed by atoms with Crippen LogP contribution in [0.5, 0.6) is 0 Å². The Morgan fingerprint density at radius 3 is 2.74 bits per heavy atom. The maximum atomic E-state index is 12.7. The smallest absolute Gasteiger partial charge is 0.416 e. The second-order valence-corrected chi connectivity index (χ2v) is 6.50. The molecule has 7 nitrogen and oxygen atoms in total. The molecule has 2 N–H and O–H groups in total. The number of methoxy groups -OCH3 is 1. The van der Waals surface area contributed by atoms with Gasteiger partial charge in [-0.15, -0.1) is 10.2 Å². The van der Waals surface area contributed by atoms with Crippen LogP contribution in [0.25, 0.3) is 0 Å². The molecule has 27 heavy (non-hydrogen) atoms. The molecule has 2 aromatic rings. The minimum atomic E-state index is -4.44. The number of aryl methyl sites for hydroxylation is 1. The Balaban J connectivity index is 1.80. The number of rotatable bonds is 7. The third-order valence-corrected chi connectivity index (χ3v) is 4.29. The lowest BCUT2D eigenvalue weighted by Gasteiger charge is -2.09. The largest absolute Gasteiger partial charge is 0.469 e. The predicted molar refractivity (Wildman–Crippen MR) is 92.2 cm³/mol. The van der Waals surface area contributed by atoms with Gasteiger partial charge in [-0.05, 0) is 24.1 Å². The summed E-state index contributed by atoms with van der Waals surface area (Å²) in [6.07, 6.45) is -3.12. The second-order valence-electron chi connectivity index (χ2n) is 5.44. The van der Waals surface area contributed by atoms with Crippen molar-refractivity contribution in [3.05, 3.63) is 40.4 Å². The summed E-state index contributed by atoms with van der Waals surface area (Å²) in [5.74, 6) is -0.313. The van der Waals surface area contributed by atoms with Crippen LogP contribution in [0.4, 0.5) is 23.1 Å². The maximum Gasteiger partial charge on any atom is 0.416 e. The van der Waals surface area contributed by atoms with Gasteiger partial charge in [-0.1, -0.05) is 23.5 Å². The first-order valence-electron chi connectivity index (χ1n) is 7.88. The molecule has 2 rings (SSSR count). The van der Waals surface area contributed by atoms with Crippen LogP contribution in [0.15, 0.2) is 24.3 Å². The zero-order chi connectivity index (χ0) is 19.9. The summed E-state index contributed by atoms with van der Waals surface area (Å²) >= 11 is 1.15. The fraction of sp³-hybridized carbons (Fsp3) is 0.375. The summed E-state index contributed by atoms with van der Waals surface area (Å²) < 4.78 is 42.5. The van der Waals surface area contributed by atoms with Crippen molar-refractivity contribution >= 4 is 28.5 Å². The van der Waals surface area contributed by atoms with Crippen LogP contribution < -0.4 is 10.6 Å². The highest BCUT2D eigenvalue weighted by molar-refractivity contribution is 7.15. The molecule has 0 saturated heterocycles. The molecule has 1 aromatic heterocycles. The van der Waals surface area contributed by atoms with E-state index in [9.17, 15) is 22.8 Å². The molecule has 0 aliphatic carbocycles. The molecule has 2 amide bonds. The number of alkyl halides is 3. The van der Waals surface area contributed by atoms with Crippen LogP contribution in [0.2, 0.25) is 0 Å². The Bertz CT molecular complexity index is 795. The van der Waals surface area contributed by atoms with Gasteiger partial charge < -0.3 is 10.1 Å². The van der Waals surface area contributed by atoms with Gasteiger partial charge in [-0.25, -0.2) is 4.79 Å². The van der Waals surface area contributed by atoms with Gasteiger partial charge in [-0.3, -0.25) is 10.1 Å². The first kappa shape index (κ1) is 20.6. The number of anilines is 1. The van der Waals surface area contributed by atoms with Gasteiger partial charge in [0.1, 0.15) is 5.01 Å².